The maximum atomic E-state index is 11.7. The van der Waals surface area contributed by atoms with Crippen molar-refractivity contribution >= 4 is 23.6 Å². The van der Waals surface area contributed by atoms with Crippen LogP contribution in [0, 0.1) is 0 Å². The highest BCUT2D eigenvalue weighted by molar-refractivity contribution is 5.94. The number of rotatable bonds is 7. The summed E-state index contributed by atoms with van der Waals surface area (Å²) in [5.74, 6) is 0.0772. The first-order valence-electron chi connectivity index (χ1n) is 7.67. The van der Waals surface area contributed by atoms with E-state index in [4.69, 9.17) is 14.2 Å². The minimum Gasteiger partial charge on any atom is -0.508 e. The second-order valence-electron chi connectivity index (χ2n) is 5.15. The van der Waals surface area contributed by atoms with E-state index in [1.54, 1.807) is 24.3 Å². The molecule has 7 nitrogen and oxygen atoms in total. The summed E-state index contributed by atoms with van der Waals surface area (Å²) in [5.41, 5.74) is 1.21. The molecule has 0 aromatic heterocycles. The average molecular weight is 357 g/mol. The molecule has 0 aliphatic rings. The lowest BCUT2D eigenvalue weighted by molar-refractivity contribution is -0.142. The molecule has 2 aromatic rings. The third-order valence-corrected chi connectivity index (χ3v) is 3.32. The molecule has 136 valence electrons. The minimum absolute atomic E-state index is 0.0923. The number of nitrogens with one attached hydrogen (secondary N) is 1. The van der Waals surface area contributed by atoms with Gasteiger partial charge in [-0.25, -0.2) is 4.79 Å². The lowest BCUT2D eigenvalue weighted by Gasteiger charge is -2.07. The van der Waals surface area contributed by atoms with Crippen molar-refractivity contribution < 1.29 is 28.9 Å². The Morgan fingerprint density at radius 3 is 2.38 bits per heavy atom. The van der Waals surface area contributed by atoms with Gasteiger partial charge in [-0.15, -0.1) is 0 Å². The Morgan fingerprint density at radius 2 is 1.73 bits per heavy atom. The Bertz CT molecular complexity index is 798. The highest BCUT2D eigenvalue weighted by atomic mass is 16.5. The fourth-order valence-corrected chi connectivity index (χ4v) is 2.05. The van der Waals surface area contributed by atoms with E-state index >= 15 is 0 Å². The molecule has 26 heavy (non-hydrogen) atoms. The quantitative estimate of drug-likeness (QED) is 0.449. The van der Waals surface area contributed by atoms with Crippen molar-refractivity contribution in [2.24, 2.45) is 0 Å². The van der Waals surface area contributed by atoms with Crippen LogP contribution in [0.3, 0.4) is 0 Å². The lowest BCUT2D eigenvalue weighted by Crippen LogP contribution is -2.20. The molecule has 0 aliphatic carbocycles. The second-order valence-corrected chi connectivity index (χ2v) is 5.15. The summed E-state index contributed by atoms with van der Waals surface area (Å²) in [6.45, 7) is -0.421. The number of anilines is 1. The van der Waals surface area contributed by atoms with Gasteiger partial charge in [0.05, 0.1) is 14.2 Å². The van der Waals surface area contributed by atoms with E-state index in [1.165, 1.54) is 44.6 Å². The van der Waals surface area contributed by atoms with E-state index in [0.717, 1.165) is 0 Å². The molecule has 7 heteroatoms. The standard InChI is InChI=1S/C19H19NO6/c1-24-16-9-3-13(11-17(16)25-2)4-10-19(23)26-12-18(22)20-14-5-7-15(21)8-6-14/h3-11,21H,12H2,1-2H3,(H,20,22)/b10-4+. The summed E-state index contributed by atoms with van der Waals surface area (Å²) < 4.78 is 15.2. The largest absolute Gasteiger partial charge is 0.508 e. The van der Waals surface area contributed by atoms with Gasteiger partial charge >= 0.3 is 5.97 Å². The molecule has 2 aromatic carbocycles. The minimum atomic E-state index is -0.652. The van der Waals surface area contributed by atoms with Crippen LogP contribution in [-0.2, 0) is 14.3 Å². The van der Waals surface area contributed by atoms with E-state index in [9.17, 15) is 14.7 Å². The molecule has 0 atom stereocenters. The number of phenols is 1. The van der Waals surface area contributed by atoms with Gasteiger partial charge in [0, 0.05) is 11.8 Å². The van der Waals surface area contributed by atoms with Crippen molar-refractivity contribution in [1.29, 1.82) is 0 Å². The van der Waals surface area contributed by atoms with Gasteiger partial charge in [-0.3, -0.25) is 4.79 Å². The van der Waals surface area contributed by atoms with E-state index in [0.29, 0.717) is 22.7 Å². The number of carbonyl (C=O) groups is 2. The number of esters is 1. The Hall–Kier alpha value is -3.48. The van der Waals surface area contributed by atoms with Crippen LogP contribution in [-0.4, -0.2) is 37.8 Å². The fraction of sp³-hybridized carbons (Fsp3) is 0.158. The average Bonchev–Trinajstić information content (AvgIpc) is 2.66. The molecular weight excluding hydrogens is 338 g/mol. The number of phenolic OH excluding ortho intramolecular Hbond substituents is 1. The molecule has 0 saturated heterocycles. The molecule has 0 unspecified atom stereocenters. The number of hydrogen-bond acceptors (Lipinski definition) is 6. The molecule has 1 amide bonds. The Labute approximate surface area is 150 Å². The first-order chi connectivity index (χ1) is 12.5. The Morgan fingerprint density at radius 1 is 1.04 bits per heavy atom. The summed E-state index contributed by atoms with van der Waals surface area (Å²) in [6.07, 6.45) is 2.76. The molecule has 0 aliphatic heterocycles. The van der Waals surface area contributed by atoms with Gasteiger partial charge in [0.15, 0.2) is 18.1 Å². The van der Waals surface area contributed by atoms with Crippen LogP contribution in [0.5, 0.6) is 17.2 Å². The number of hydrogen-bond donors (Lipinski definition) is 2. The zero-order valence-corrected chi connectivity index (χ0v) is 14.4. The Kier molecular flexibility index (Phi) is 6.61. The molecule has 0 spiro atoms. The highest BCUT2D eigenvalue weighted by Crippen LogP contribution is 2.27. The van der Waals surface area contributed by atoms with Crippen molar-refractivity contribution in [3.05, 3.63) is 54.1 Å². The van der Waals surface area contributed by atoms with E-state index in [2.05, 4.69) is 5.32 Å². The lowest BCUT2D eigenvalue weighted by atomic mass is 10.2. The van der Waals surface area contributed by atoms with Crippen molar-refractivity contribution in [3.8, 4) is 17.2 Å². The number of aromatic hydroxyl groups is 1. The van der Waals surface area contributed by atoms with Gasteiger partial charge in [0.1, 0.15) is 5.75 Å². The summed E-state index contributed by atoms with van der Waals surface area (Å²) in [5, 5.41) is 11.7. The van der Waals surface area contributed by atoms with Crippen LogP contribution >= 0.6 is 0 Å². The summed E-state index contributed by atoms with van der Waals surface area (Å²) in [7, 11) is 3.06. The molecule has 0 fully saturated rings. The number of amides is 1. The maximum Gasteiger partial charge on any atom is 0.331 e. The third-order valence-electron chi connectivity index (χ3n) is 3.32. The van der Waals surface area contributed by atoms with Gasteiger partial charge < -0.3 is 24.6 Å². The van der Waals surface area contributed by atoms with Crippen LogP contribution in [0.4, 0.5) is 5.69 Å². The van der Waals surface area contributed by atoms with E-state index in [1.807, 2.05) is 0 Å². The predicted molar refractivity (Wildman–Crippen MR) is 96.3 cm³/mol. The van der Waals surface area contributed by atoms with Gasteiger partial charge in [-0.2, -0.15) is 0 Å². The molecule has 0 bridgehead atoms. The van der Waals surface area contributed by atoms with Crippen molar-refractivity contribution in [2.75, 3.05) is 26.1 Å². The summed E-state index contributed by atoms with van der Waals surface area (Å²) in [6, 6.07) is 11.1. The molecule has 2 rings (SSSR count). The maximum absolute atomic E-state index is 11.7. The second kappa shape index (κ2) is 9.12. The van der Waals surface area contributed by atoms with Crippen LogP contribution in [0.25, 0.3) is 6.08 Å². The molecule has 0 saturated carbocycles. The Balaban J connectivity index is 1.85. The normalized spacial score (nSPS) is 10.4. The van der Waals surface area contributed by atoms with E-state index in [-0.39, 0.29) is 5.75 Å². The smallest absolute Gasteiger partial charge is 0.331 e. The molecule has 0 radical (unpaired) electrons. The number of benzene rings is 2. The van der Waals surface area contributed by atoms with Crippen molar-refractivity contribution in [3.63, 3.8) is 0 Å². The molecular formula is C19H19NO6. The van der Waals surface area contributed by atoms with Crippen LogP contribution in [0.2, 0.25) is 0 Å². The van der Waals surface area contributed by atoms with Gasteiger partial charge in [0.25, 0.3) is 5.91 Å². The van der Waals surface area contributed by atoms with Crippen LogP contribution in [0.1, 0.15) is 5.56 Å². The SMILES string of the molecule is COc1ccc(/C=C/C(=O)OCC(=O)Nc2ccc(O)cc2)cc1OC. The van der Waals surface area contributed by atoms with Crippen molar-refractivity contribution in [1.82, 2.24) is 0 Å². The number of ether oxygens (including phenoxy) is 3. The van der Waals surface area contributed by atoms with Gasteiger partial charge in [-0.1, -0.05) is 6.07 Å². The monoisotopic (exact) mass is 357 g/mol. The van der Waals surface area contributed by atoms with Gasteiger partial charge in [-0.05, 0) is 48.0 Å². The topological polar surface area (TPSA) is 94.1 Å². The first kappa shape index (κ1) is 18.9. The first-order valence-corrected chi connectivity index (χ1v) is 7.67. The third kappa shape index (κ3) is 5.55. The summed E-state index contributed by atoms with van der Waals surface area (Å²) in [4.78, 5) is 23.4. The predicted octanol–water partition coefficient (Wildman–Crippen LogP) is 2.60. The fourth-order valence-electron chi connectivity index (χ4n) is 2.05. The van der Waals surface area contributed by atoms with E-state index < -0.39 is 18.5 Å². The van der Waals surface area contributed by atoms with Crippen molar-refractivity contribution in [2.45, 2.75) is 0 Å². The highest BCUT2D eigenvalue weighted by Gasteiger charge is 2.07. The van der Waals surface area contributed by atoms with Crippen LogP contribution in [0.15, 0.2) is 48.5 Å². The number of carbonyl (C=O) groups excluding carboxylic acids is 2. The van der Waals surface area contributed by atoms with Crippen LogP contribution < -0.4 is 14.8 Å². The van der Waals surface area contributed by atoms with Gasteiger partial charge in [0.2, 0.25) is 0 Å². The molecule has 2 N–H and O–H groups in total. The molecule has 0 heterocycles. The zero-order chi connectivity index (χ0) is 18.9. The number of methoxy groups -OCH3 is 2. The summed E-state index contributed by atoms with van der Waals surface area (Å²) >= 11 is 0. The zero-order valence-electron chi connectivity index (χ0n) is 14.4.